The van der Waals surface area contributed by atoms with Crippen LogP contribution < -0.4 is 5.63 Å². The average Bonchev–Trinajstić information content (AvgIpc) is 2.70. The molecule has 0 spiro atoms. The van der Waals surface area contributed by atoms with Gasteiger partial charge in [0.05, 0.1) is 5.56 Å². The van der Waals surface area contributed by atoms with E-state index < -0.39 is 0 Å². The highest BCUT2D eigenvalue weighted by Gasteiger charge is 2.17. The van der Waals surface area contributed by atoms with Gasteiger partial charge in [-0.2, -0.15) is 0 Å². The highest BCUT2D eigenvalue weighted by Crippen LogP contribution is 2.34. The molecule has 0 atom stereocenters. The molecule has 0 saturated heterocycles. The normalized spacial score (nSPS) is 14.2. The first-order chi connectivity index (χ1) is 12.3. The smallest absolute Gasteiger partial charge is 0.343 e. The summed E-state index contributed by atoms with van der Waals surface area (Å²) in [4.78, 5) is 12.7. The zero-order valence-electron chi connectivity index (χ0n) is 14.1. The molecule has 124 valence electrons. The van der Waals surface area contributed by atoms with Crippen LogP contribution in [-0.4, -0.2) is 0 Å². The van der Waals surface area contributed by atoms with E-state index in [9.17, 15) is 4.79 Å². The van der Waals surface area contributed by atoms with E-state index in [4.69, 9.17) is 4.42 Å². The van der Waals surface area contributed by atoms with Crippen LogP contribution in [-0.2, 0) is 0 Å². The van der Waals surface area contributed by atoms with Gasteiger partial charge in [-0.15, -0.1) is 0 Å². The van der Waals surface area contributed by atoms with Crippen molar-refractivity contribution in [3.8, 4) is 22.5 Å². The molecule has 4 rings (SSSR count). The Balaban J connectivity index is 1.94. The molecule has 3 aromatic rings. The van der Waals surface area contributed by atoms with Gasteiger partial charge in [0, 0.05) is 11.1 Å². The Kier molecular flexibility index (Phi) is 4.34. The monoisotopic (exact) mass is 328 g/mol. The van der Waals surface area contributed by atoms with Crippen molar-refractivity contribution < 1.29 is 4.42 Å². The molecule has 1 aliphatic rings. The molecule has 0 amide bonds. The van der Waals surface area contributed by atoms with E-state index in [1.807, 2.05) is 54.6 Å². The van der Waals surface area contributed by atoms with Crippen LogP contribution in [0.25, 0.3) is 28.0 Å². The summed E-state index contributed by atoms with van der Waals surface area (Å²) in [5.74, 6) is 0.636. The molecule has 2 aromatic carbocycles. The molecule has 0 unspecified atom stereocenters. The summed E-state index contributed by atoms with van der Waals surface area (Å²) in [5, 5.41) is 0. The van der Waals surface area contributed by atoms with Crippen molar-refractivity contribution >= 4 is 5.57 Å². The third-order valence-corrected chi connectivity index (χ3v) is 4.71. The van der Waals surface area contributed by atoms with Gasteiger partial charge in [0.1, 0.15) is 5.76 Å². The number of rotatable bonds is 3. The van der Waals surface area contributed by atoms with Crippen LogP contribution in [0.15, 0.2) is 82.0 Å². The Bertz CT molecular complexity index is 950. The SMILES string of the molecule is O=c1oc(-c2ccccc2)c(-c2ccccc2)cc1C1=CCCCC1. The minimum absolute atomic E-state index is 0.244. The number of benzene rings is 2. The molecule has 0 bridgehead atoms. The summed E-state index contributed by atoms with van der Waals surface area (Å²) >= 11 is 0. The Hall–Kier alpha value is -2.87. The second-order valence-corrected chi connectivity index (χ2v) is 6.40. The number of allylic oxidation sites excluding steroid dienone is 2. The van der Waals surface area contributed by atoms with Crippen LogP contribution in [0.5, 0.6) is 0 Å². The van der Waals surface area contributed by atoms with Crippen LogP contribution in [0.4, 0.5) is 0 Å². The Morgan fingerprint density at radius 3 is 2.08 bits per heavy atom. The predicted molar refractivity (Wildman–Crippen MR) is 102 cm³/mol. The van der Waals surface area contributed by atoms with Gasteiger partial charge in [-0.1, -0.05) is 66.7 Å². The molecular weight excluding hydrogens is 308 g/mol. The molecule has 0 radical (unpaired) electrons. The first-order valence-electron chi connectivity index (χ1n) is 8.81. The first-order valence-corrected chi connectivity index (χ1v) is 8.81. The Morgan fingerprint density at radius 2 is 1.44 bits per heavy atom. The fourth-order valence-corrected chi connectivity index (χ4v) is 3.41. The topological polar surface area (TPSA) is 30.2 Å². The number of hydrogen-bond acceptors (Lipinski definition) is 2. The van der Waals surface area contributed by atoms with Gasteiger partial charge in [0.15, 0.2) is 0 Å². The third kappa shape index (κ3) is 3.20. The van der Waals surface area contributed by atoms with Crippen molar-refractivity contribution in [1.29, 1.82) is 0 Å². The summed E-state index contributed by atoms with van der Waals surface area (Å²) in [6.07, 6.45) is 6.50. The van der Waals surface area contributed by atoms with Gasteiger partial charge in [0.25, 0.3) is 0 Å². The molecule has 25 heavy (non-hydrogen) atoms. The molecule has 0 saturated carbocycles. The van der Waals surface area contributed by atoms with Crippen molar-refractivity contribution in [1.82, 2.24) is 0 Å². The van der Waals surface area contributed by atoms with E-state index in [2.05, 4.69) is 18.2 Å². The van der Waals surface area contributed by atoms with E-state index >= 15 is 0 Å². The zero-order chi connectivity index (χ0) is 17.1. The number of hydrogen-bond donors (Lipinski definition) is 0. The van der Waals surface area contributed by atoms with Gasteiger partial charge < -0.3 is 4.42 Å². The van der Waals surface area contributed by atoms with Gasteiger partial charge in [0.2, 0.25) is 0 Å². The maximum atomic E-state index is 12.7. The molecule has 1 heterocycles. The lowest BCUT2D eigenvalue weighted by atomic mass is 9.92. The third-order valence-electron chi connectivity index (χ3n) is 4.71. The fourth-order valence-electron chi connectivity index (χ4n) is 3.41. The summed E-state index contributed by atoms with van der Waals surface area (Å²) in [6.45, 7) is 0. The lowest BCUT2D eigenvalue weighted by Crippen LogP contribution is -2.09. The predicted octanol–water partition coefficient (Wildman–Crippen LogP) is 5.93. The first kappa shape index (κ1) is 15.6. The lowest BCUT2D eigenvalue weighted by Gasteiger charge is -2.15. The van der Waals surface area contributed by atoms with Gasteiger partial charge in [-0.05, 0) is 42.9 Å². The van der Waals surface area contributed by atoms with Crippen molar-refractivity contribution in [3.63, 3.8) is 0 Å². The van der Waals surface area contributed by atoms with E-state index in [-0.39, 0.29) is 5.63 Å². The fraction of sp³-hybridized carbons (Fsp3) is 0.174. The standard InChI is InChI=1S/C23H20O2/c24-23-21(18-12-6-2-7-13-18)16-20(17-10-4-1-5-11-17)22(25-23)19-14-8-3-9-15-19/h1,3-5,8-12,14-16H,2,6-7,13H2. The quantitative estimate of drug-likeness (QED) is 0.596. The largest absolute Gasteiger partial charge is 0.422 e. The van der Waals surface area contributed by atoms with Crippen molar-refractivity contribution in [2.75, 3.05) is 0 Å². The van der Waals surface area contributed by atoms with Gasteiger partial charge in [-0.3, -0.25) is 0 Å². The summed E-state index contributed by atoms with van der Waals surface area (Å²) < 4.78 is 5.84. The molecule has 1 aliphatic carbocycles. The van der Waals surface area contributed by atoms with Crippen molar-refractivity contribution in [3.05, 3.63) is 88.8 Å². The molecule has 2 heteroatoms. The minimum atomic E-state index is -0.244. The van der Waals surface area contributed by atoms with Gasteiger partial charge >= 0.3 is 5.63 Å². The Labute approximate surface area is 147 Å². The highest BCUT2D eigenvalue weighted by atomic mass is 16.4. The lowest BCUT2D eigenvalue weighted by molar-refractivity contribution is 0.524. The van der Waals surface area contributed by atoms with E-state index in [0.717, 1.165) is 41.5 Å². The van der Waals surface area contributed by atoms with Crippen LogP contribution in [0.3, 0.4) is 0 Å². The average molecular weight is 328 g/mol. The molecule has 0 fully saturated rings. The summed E-state index contributed by atoms with van der Waals surface area (Å²) in [6, 6.07) is 22.0. The second-order valence-electron chi connectivity index (χ2n) is 6.40. The second kappa shape index (κ2) is 6.94. The zero-order valence-corrected chi connectivity index (χ0v) is 14.1. The van der Waals surface area contributed by atoms with Crippen LogP contribution in [0.1, 0.15) is 31.2 Å². The van der Waals surface area contributed by atoms with Crippen molar-refractivity contribution in [2.45, 2.75) is 25.7 Å². The molecule has 1 aromatic heterocycles. The van der Waals surface area contributed by atoms with E-state index in [1.54, 1.807) is 0 Å². The summed E-state index contributed by atoms with van der Waals surface area (Å²) in [5.41, 5.74) is 4.53. The molecule has 0 N–H and O–H groups in total. The minimum Gasteiger partial charge on any atom is -0.422 e. The highest BCUT2D eigenvalue weighted by molar-refractivity contribution is 5.82. The van der Waals surface area contributed by atoms with Crippen LogP contribution in [0.2, 0.25) is 0 Å². The molecule has 0 aliphatic heterocycles. The van der Waals surface area contributed by atoms with Crippen LogP contribution >= 0.6 is 0 Å². The molecular formula is C23H20O2. The molecule has 2 nitrogen and oxygen atoms in total. The summed E-state index contributed by atoms with van der Waals surface area (Å²) in [7, 11) is 0. The van der Waals surface area contributed by atoms with E-state index in [1.165, 1.54) is 6.42 Å². The maximum Gasteiger partial charge on any atom is 0.343 e. The van der Waals surface area contributed by atoms with Crippen molar-refractivity contribution in [2.24, 2.45) is 0 Å². The Morgan fingerprint density at radius 1 is 0.760 bits per heavy atom. The van der Waals surface area contributed by atoms with Crippen LogP contribution in [0, 0.1) is 0 Å². The van der Waals surface area contributed by atoms with Gasteiger partial charge in [-0.25, -0.2) is 4.79 Å². The maximum absolute atomic E-state index is 12.7. The van der Waals surface area contributed by atoms with E-state index in [0.29, 0.717) is 11.3 Å².